The van der Waals surface area contributed by atoms with Crippen molar-refractivity contribution in [3.63, 3.8) is 0 Å². The Labute approximate surface area is 186 Å². The summed E-state index contributed by atoms with van der Waals surface area (Å²) in [4.78, 5) is 0. The molecule has 7 nitrogen and oxygen atoms in total. The van der Waals surface area contributed by atoms with Crippen molar-refractivity contribution in [1.82, 2.24) is 0 Å². The van der Waals surface area contributed by atoms with Crippen LogP contribution in [-0.4, -0.2) is 66.2 Å². The van der Waals surface area contributed by atoms with Crippen molar-refractivity contribution >= 4 is 11.6 Å². The molecule has 3 N–H and O–H groups in total. The molecule has 0 saturated carbocycles. The van der Waals surface area contributed by atoms with Crippen molar-refractivity contribution in [1.29, 1.82) is 0 Å². The average Bonchev–Trinajstić information content (AvgIpc) is 3.14. The molecule has 0 amide bonds. The second kappa shape index (κ2) is 8.67. The van der Waals surface area contributed by atoms with E-state index in [4.69, 9.17) is 30.5 Å². The second-order valence-electron chi connectivity index (χ2n) is 8.00. The van der Waals surface area contributed by atoms with Crippen LogP contribution in [0.1, 0.15) is 23.6 Å². The van der Waals surface area contributed by atoms with E-state index in [0.717, 1.165) is 16.9 Å². The Morgan fingerprint density at radius 2 is 1.84 bits per heavy atom. The first kappa shape index (κ1) is 22.5. The van der Waals surface area contributed by atoms with Crippen molar-refractivity contribution in [3.8, 4) is 5.75 Å². The number of rotatable bonds is 7. The lowest BCUT2D eigenvalue weighted by atomic mass is 9.83. The van der Waals surface area contributed by atoms with E-state index >= 15 is 0 Å². The Hall–Kier alpha value is -1.71. The Bertz CT molecular complexity index is 921. The lowest BCUT2D eigenvalue weighted by molar-refractivity contribution is -0.330. The third-order valence-corrected chi connectivity index (χ3v) is 6.30. The van der Waals surface area contributed by atoms with Gasteiger partial charge in [-0.25, -0.2) is 0 Å². The SMILES string of the molecule is CCOc1ccc(Cc2cc([C@]34OC[C@](COC)(O3)[C@@H](O)[C@H](O)[C@H]4O)ccc2Cl)cc1. The Kier molecular flexibility index (Phi) is 6.29. The molecule has 0 aromatic heterocycles. The molecule has 2 aromatic rings. The summed E-state index contributed by atoms with van der Waals surface area (Å²) in [7, 11) is 1.47. The Morgan fingerprint density at radius 3 is 2.52 bits per heavy atom. The summed E-state index contributed by atoms with van der Waals surface area (Å²) in [6.07, 6.45) is -3.76. The fraction of sp³-hybridized carbons (Fsp3) is 0.478. The summed E-state index contributed by atoms with van der Waals surface area (Å²) >= 11 is 6.45. The van der Waals surface area contributed by atoms with Crippen LogP contribution in [-0.2, 0) is 26.4 Å². The highest BCUT2D eigenvalue weighted by molar-refractivity contribution is 6.31. The van der Waals surface area contributed by atoms with Gasteiger partial charge >= 0.3 is 0 Å². The molecule has 2 aliphatic heterocycles. The molecule has 168 valence electrons. The lowest BCUT2D eigenvalue weighted by Crippen LogP contribution is -2.65. The molecule has 2 aromatic carbocycles. The molecular formula is C23H27ClO7. The number of halogens is 1. The number of aliphatic hydroxyl groups is 3. The molecule has 2 saturated heterocycles. The summed E-state index contributed by atoms with van der Waals surface area (Å²) in [5.74, 6) is -0.833. The first-order valence-corrected chi connectivity index (χ1v) is 10.6. The molecule has 2 heterocycles. The third kappa shape index (κ3) is 3.85. The van der Waals surface area contributed by atoms with E-state index in [9.17, 15) is 15.3 Å². The van der Waals surface area contributed by atoms with E-state index in [0.29, 0.717) is 23.6 Å². The number of fused-ring (bicyclic) bond motifs is 2. The minimum absolute atomic E-state index is 0.00627. The fourth-order valence-electron chi connectivity index (χ4n) is 4.32. The minimum atomic E-state index is -1.63. The third-order valence-electron chi connectivity index (χ3n) is 5.93. The molecule has 31 heavy (non-hydrogen) atoms. The number of methoxy groups -OCH3 is 1. The van der Waals surface area contributed by atoms with Crippen LogP contribution >= 0.6 is 11.6 Å². The van der Waals surface area contributed by atoms with Gasteiger partial charge in [0.2, 0.25) is 5.79 Å². The second-order valence-corrected chi connectivity index (χ2v) is 8.40. The van der Waals surface area contributed by atoms with Gasteiger partial charge in [0.25, 0.3) is 0 Å². The van der Waals surface area contributed by atoms with E-state index in [2.05, 4.69) is 0 Å². The predicted octanol–water partition coefficient (Wildman–Crippen LogP) is 2.01. The highest BCUT2D eigenvalue weighted by Gasteiger charge is 2.67. The molecule has 2 bridgehead atoms. The molecule has 4 rings (SSSR count). The summed E-state index contributed by atoms with van der Waals surface area (Å²) in [6.45, 7) is 2.50. The summed E-state index contributed by atoms with van der Waals surface area (Å²) < 4.78 is 22.7. The molecule has 0 aliphatic carbocycles. The zero-order chi connectivity index (χ0) is 22.2. The van der Waals surface area contributed by atoms with Crippen molar-refractivity contribution in [2.75, 3.05) is 26.9 Å². The van der Waals surface area contributed by atoms with Crippen molar-refractivity contribution in [2.45, 2.75) is 43.0 Å². The van der Waals surface area contributed by atoms with Crippen LogP contribution in [0, 0.1) is 0 Å². The minimum Gasteiger partial charge on any atom is -0.494 e. The van der Waals surface area contributed by atoms with Gasteiger partial charge in [-0.15, -0.1) is 0 Å². The van der Waals surface area contributed by atoms with Crippen LogP contribution in [0.5, 0.6) is 5.75 Å². The summed E-state index contributed by atoms with van der Waals surface area (Å²) in [5.41, 5.74) is 1.07. The van der Waals surface area contributed by atoms with Crippen LogP contribution < -0.4 is 4.74 Å². The average molecular weight is 451 g/mol. The van der Waals surface area contributed by atoms with Gasteiger partial charge in [-0.2, -0.15) is 0 Å². The number of ether oxygens (including phenoxy) is 4. The van der Waals surface area contributed by atoms with Gasteiger partial charge in [0.15, 0.2) is 0 Å². The van der Waals surface area contributed by atoms with Crippen LogP contribution in [0.4, 0.5) is 0 Å². The number of aliphatic hydroxyl groups excluding tert-OH is 3. The largest absolute Gasteiger partial charge is 0.494 e. The van der Waals surface area contributed by atoms with Crippen molar-refractivity contribution < 1.29 is 34.3 Å². The lowest BCUT2D eigenvalue weighted by Gasteiger charge is -2.46. The van der Waals surface area contributed by atoms with Crippen molar-refractivity contribution in [2.24, 2.45) is 0 Å². The maximum atomic E-state index is 10.8. The molecular weight excluding hydrogens is 424 g/mol. The summed E-state index contributed by atoms with van der Waals surface area (Å²) in [5, 5.41) is 32.4. The topological polar surface area (TPSA) is 97.6 Å². The van der Waals surface area contributed by atoms with Crippen LogP contribution in [0.15, 0.2) is 42.5 Å². The standard InChI is InChI=1S/C23H27ClO7/c1-3-29-17-7-4-14(5-8-17)10-15-11-16(6-9-18(15)24)23-21(27)19(25)20(26)22(31-23,12-28-2)13-30-23/h4-9,11,19-21,25-27H,3,10,12-13H2,1-2H3/t19-,20-,21+,22-,23-/m0/s1. The van der Waals surface area contributed by atoms with Gasteiger partial charge in [0, 0.05) is 17.7 Å². The smallest absolute Gasteiger partial charge is 0.225 e. The van der Waals surface area contributed by atoms with Gasteiger partial charge in [0.05, 0.1) is 19.8 Å². The molecule has 0 unspecified atom stereocenters. The quantitative estimate of drug-likeness (QED) is 0.593. The van der Waals surface area contributed by atoms with Gasteiger partial charge < -0.3 is 34.3 Å². The first-order valence-electron chi connectivity index (χ1n) is 10.2. The normalized spacial score (nSPS) is 32.3. The maximum Gasteiger partial charge on any atom is 0.225 e. The number of hydrogen-bond donors (Lipinski definition) is 3. The van der Waals surface area contributed by atoms with E-state index in [1.165, 1.54) is 7.11 Å². The fourth-order valence-corrected chi connectivity index (χ4v) is 4.51. The highest BCUT2D eigenvalue weighted by atomic mass is 35.5. The van der Waals surface area contributed by atoms with Gasteiger partial charge in [-0.1, -0.05) is 29.8 Å². The number of benzene rings is 2. The molecule has 2 aliphatic rings. The Morgan fingerprint density at radius 1 is 1.10 bits per heavy atom. The molecule has 0 spiro atoms. The van der Waals surface area contributed by atoms with Crippen molar-refractivity contribution in [3.05, 3.63) is 64.2 Å². The van der Waals surface area contributed by atoms with Crippen LogP contribution in [0.25, 0.3) is 0 Å². The number of hydrogen-bond acceptors (Lipinski definition) is 7. The molecule has 2 fully saturated rings. The predicted molar refractivity (Wildman–Crippen MR) is 113 cm³/mol. The molecule has 0 radical (unpaired) electrons. The Balaban J connectivity index is 1.66. The van der Waals surface area contributed by atoms with Gasteiger partial charge in [-0.05, 0) is 48.7 Å². The molecule has 8 heteroatoms. The van der Waals surface area contributed by atoms with E-state index in [1.54, 1.807) is 18.2 Å². The van der Waals surface area contributed by atoms with Gasteiger partial charge in [0.1, 0.15) is 29.7 Å². The van der Waals surface area contributed by atoms with Crippen LogP contribution in [0.2, 0.25) is 5.02 Å². The summed E-state index contributed by atoms with van der Waals surface area (Å²) in [6, 6.07) is 12.9. The maximum absolute atomic E-state index is 10.8. The zero-order valence-corrected chi connectivity index (χ0v) is 18.2. The van der Waals surface area contributed by atoms with Crippen LogP contribution in [0.3, 0.4) is 0 Å². The molecule has 5 atom stereocenters. The van der Waals surface area contributed by atoms with Gasteiger partial charge in [-0.3, -0.25) is 0 Å². The highest BCUT2D eigenvalue weighted by Crippen LogP contribution is 2.50. The zero-order valence-electron chi connectivity index (χ0n) is 17.5. The van der Waals surface area contributed by atoms with E-state index in [1.807, 2.05) is 31.2 Å². The monoisotopic (exact) mass is 450 g/mol. The first-order chi connectivity index (χ1) is 14.8. The van der Waals surface area contributed by atoms with E-state index in [-0.39, 0.29) is 13.2 Å². The van der Waals surface area contributed by atoms with E-state index < -0.39 is 29.7 Å².